The summed E-state index contributed by atoms with van der Waals surface area (Å²) in [6, 6.07) is -0.191. The lowest BCUT2D eigenvalue weighted by atomic mass is 9.84. The van der Waals surface area contributed by atoms with Crippen LogP contribution in [0.15, 0.2) is 23.2 Å². The van der Waals surface area contributed by atoms with E-state index in [2.05, 4.69) is 26.3 Å². The van der Waals surface area contributed by atoms with Crippen LogP contribution in [-0.4, -0.2) is 72.2 Å². The topological polar surface area (TPSA) is 250 Å². The Bertz CT molecular complexity index is 1320. The van der Waals surface area contributed by atoms with Crippen molar-refractivity contribution in [2.24, 2.45) is 39.8 Å². The van der Waals surface area contributed by atoms with Gasteiger partial charge in [0.1, 0.15) is 24.2 Å². The fourth-order valence-electron chi connectivity index (χ4n) is 5.71. The molecule has 0 spiro atoms. The molecular weight excluding hydrogens is 673 g/mol. The summed E-state index contributed by atoms with van der Waals surface area (Å²) >= 11 is 12.2. The Morgan fingerprint density at radius 3 is 1.94 bits per heavy atom. The summed E-state index contributed by atoms with van der Waals surface area (Å²) in [5, 5.41) is 11.6. The van der Waals surface area contributed by atoms with E-state index in [9.17, 15) is 24.0 Å². The summed E-state index contributed by atoms with van der Waals surface area (Å²) in [5.74, 6) is -2.98. The monoisotopic (exact) mass is 725 g/mol. The van der Waals surface area contributed by atoms with Crippen molar-refractivity contribution in [3.63, 3.8) is 0 Å². The molecule has 0 heterocycles. The number of benzene rings is 1. The SMILES string of the molecule is CC(C)C[C@H](NC(=O)[C@H](Cc1ccc(Cl)c(Cl)c1)NC(=O)[C@H](C)N)C(=O)N[C@@H](CC1CCCCC1)C(=O)N[C@@H](CCCN=C(N)N)C(N)=O. The number of primary amides is 1. The van der Waals surface area contributed by atoms with Gasteiger partial charge in [-0.15, -0.1) is 0 Å². The maximum absolute atomic E-state index is 13.9. The van der Waals surface area contributed by atoms with Gasteiger partial charge in [-0.25, -0.2) is 0 Å². The molecular formula is C33H53Cl2N9O5. The summed E-state index contributed by atoms with van der Waals surface area (Å²) in [5.41, 5.74) is 22.7. The Balaban J connectivity index is 2.29. The normalized spacial score (nSPS) is 16.4. The number of nitrogens with one attached hydrogen (secondary N) is 4. The van der Waals surface area contributed by atoms with Gasteiger partial charge in [-0.3, -0.25) is 29.0 Å². The maximum Gasteiger partial charge on any atom is 0.243 e. The summed E-state index contributed by atoms with van der Waals surface area (Å²) in [7, 11) is 0. The van der Waals surface area contributed by atoms with Crippen molar-refractivity contribution in [3.8, 4) is 0 Å². The largest absolute Gasteiger partial charge is 0.370 e. The van der Waals surface area contributed by atoms with Crippen LogP contribution in [0.3, 0.4) is 0 Å². The third-order valence-corrected chi connectivity index (χ3v) is 9.08. The van der Waals surface area contributed by atoms with E-state index in [1.54, 1.807) is 18.2 Å². The fourth-order valence-corrected chi connectivity index (χ4v) is 6.03. The number of hydrogen-bond donors (Lipinski definition) is 8. The smallest absolute Gasteiger partial charge is 0.243 e. The molecule has 12 N–H and O–H groups in total. The van der Waals surface area contributed by atoms with Crippen molar-refractivity contribution in [2.45, 2.75) is 115 Å². The van der Waals surface area contributed by atoms with Gasteiger partial charge in [0.25, 0.3) is 0 Å². The first-order valence-electron chi connectivity index (χ1n) is 16.8. The zero-order valence-electron chi connectivity index (χ0n) is 28.6. The summed E-state index contributed by atoms with van der Waals surface area (Å²) in [4.78, 5) is 70.0. The maximum atomic E-state index is 13.9. The van der Waals surface area contributed by atoms with E-state index < -0.39 is 59.7 Å². The van der Waals surface area contributed by atoms with Gasteiger partial charge in [0, 0.05) is 13.0 Å². The van der Waals surface area contributed by atoms with Gasteiger partial charge in [0.05, 0.1) is 16.1 Å². The fraction of sp³-hybridized carbons (Fsp3) is 0.636. The van der Waals surface area contributed by atoms with Gasteiger partial charge in [-0.2, -0.15) is 0 Å². The first kappa shape index (κ1) is 41.6. The highest BCUT2D eigenvalue weighted by atomic mass is 35.5. The highest BCUT2D eigenvalue weighted by Gasteiger charge is 2.33. The molecule has 0 aromatic heterocycles. The van der Waals surface area contributed by atoms with Crippen LogP contribution in [0.25, 0.3) is 0 Å². The minimum atomic E-state index is -1.10. The number of carbonyl (C=O) groups excluding carboxylic acids is 5. The van der Waals surface area contributed by atoms with Crippen molar-refractivity contribution >= 4 is 58.7 Å². The van der Waals surface area contributed by atoms with Gasteiger partial charge >= 0.3 is 0 Å². The molecule has 1 aliphatic carbocycles. The third kappa shape index (κ3) is 15.2. The van der Waals surface area contributed by atoms with Crippen LogP contribution < -0.4 is 44.2 Å². The van der Waals surface area contributed by atoms with E-state index in [4.69, 9.17) is 46.1 Å². The van der Waals surface area contributed by atoms with Crippen LogP contribution >= 0.6 is 23.2 Å². The Labute approximate surface area is 298 Å². The van der Waals surface area contributed by atoms with E-state index in [1.165, 1.54) is 6.92 Å². The number of rotatable bonds is 19. The van der Waals surface area contributed by atoms with Crippen LogP contribution in [0.1, 0.15) is 84.1 Å². The van der Waals surface area contributed by atoms with Crippen molar-refractivity contribution < 1.29 is 24.0 Å². The first-order valence-corrected chi connectivity index (χ1v) is 17.6. The Morgan fingerprint density at radius 2 is 1.37 bits per heavy atom. The van der Waals surface area contributed by atoms with Crippen molar-refractivity contribution in [3.05, 3.63) is 33.8 Å². The molecule has 1 aliphatic rings. The zero-order valence-corrected chi connectivity index (χ0v) is 30.1. The Kier molecular flexibility index (Phi) is 17.6. The standard InChI is InChI=1S/C33H53Cl2N9O5/c1-18(2)14-25(43-32(49)27(42-29(46)19(3)36)17-21-11-12-22(34)23(35)15-21)30(47)44-26(16-20-8-5-4-6-9-20)31(48)41-24(28(37)45)10-7-13-40-33(38)39/h11-12,15,18-20,24-27H,4-10,13-14,16-17,36H2,1-3H3,(H2,37,45)(H,41,48)(H,42,46)(H,43,49)(H,44,47)(H4,38,39,40)/t19-,24-,25-,26-,27-/m0/s1. The summed E-state index contributed by atoms with van der Waals surface area (Å²) < 4.78 is 0. The van der Waals surface area contributed by atoms with Crippen molar-refractivity contribution in [1.29, 1.82) is 0 Å². The molecule has 5 amide bonds. The first-order chi connectivity index (χ1) is 23.1. The van der Waals surface area contributed by atoms with Crippen LogP contribution in [0, 0.1) is 11.8 Å². The lowest BCUT2D eigenvalue weighted by Gasteiger charge is -2.30. The molecule has 5 atom stereocenters. The number of guanidine groups is 1. The Morgan fingerprint density at radius 1 is 0.796 bits per heavy atom. The average Bonchev–Trinajstić information content (AvgIpc) is 3.02. The molecule has 0 unspecified atom stereocenters. The molecule has 2 rings (SSSR count). The van der Waals surface area contributed by atoms with Gasteiger partial charge in [0.2, 0.25) is 29.5 Å². The summed E-state index contributed by atoms with van der Waals surface area (Å²) in [6.07, 6.45) is 6.15. The number of hydrogen-bond acceptors (Lipinski definition) is 7. The average molecular weight is 727 g/mol. The van der Waals surface area contributed by atoms with E-state index in [-0.39, 0.29) is 48.6 Å². The molecule has 14 nitrogen and oxygen atoms in total. The summed E-state index contributed by atoms with van der Waals surface area (Å²) in [6.45, 7) is 5.52. The van der Waals surface area contributed by atoms with Crippen LogP contribution in [-0.2, 0) is 30.4 Å². The quantitative estimate of drug-likeness (QED) is 0.0586. The second-order valence-electron chi connectivity index (χ2n) is 13.2. The van der Waals surface area contributed by atoms with E-state index in [0.29, 0.717) is 23.4 Å². The van der Waals surface area contributed by atoms with E-state index in [1.807, 2.05) is 13.8 Å². The number of halogens is 2. The number of aliphatic imine (C=N–C) groups is 1. The number of carbonyl (C=O) groups is 5. The predicted octanol–water partition coefficient (Wildman–Crippen LogP) is 1.38. The molecule has 0 saturated heterocycles. The molecule has 49 heavy (non-hydrogen) atoms. The lowest BCUT2D eigenvalue weighted by Crippen LogP contribution is -2.59. The molecule has 1 aromatic carbocycles. The molecule has 1 fully saturated rings. The van der Waals surface area contributed by atoms with Crippen LogP contribution in [0.5, 0.6) is 0 Å². The molecule has 1 aromatic rings. The number of amides is 5. The van der Waals surface area contributed by atoms with Gasteiger partial charge in [0.15, 0.2) is 5.96 Å². The molecule has 274 valence electrons. The molecule has 0 radical (unpaired) electrons. The second kappa shape index (κ2) is 20.8. The number of nitrogens with zero attached hydrogens (tertiary/aromatic N) is 1. The predicted molar refractivity (Wildman–Crippen MR) is 191 cm³/mol. The van der Waals surface area contributed by atoms with Gasteiger partial charge in [-0.05, 0) is 62.1 Å². The van der Waals surface area contributed by atoms with Crippen molar-refractivity contribution in [1.82, 2.24) is 21.3 Å². The van der Waals surface area contributed by atoms with Crippen LogP contribution in [0.2, 0.25) is 10.0 Å². The van der Waals surface area contributed by atoms with Crippen molar-refractivity contribution in [2.75, 3.05) is 6.54 Å². The zero-order chi connectivity index (χ0) is 36.7. The highest BCUT2D eigenvalue weighted by molar-refractivity contribution is 6.42. The third-order valence-electron chi connectivity index (χ3n) is 8.34. The number of nitrogens with two attached hydrogens (primary N) is 4. The van der Waals surface area contributed by atoms with Crippen LogP contribution in [0.4, 0.5) is 0 Å². The lowest BCUT2D eigenvalue weighted by molar-refractivity contribution is -0.135. The van der Waals surface area contributed by atoms with E-state index >= 15 is 0 Å². The minimum Gasteiger partial charge on any atom is -0.370 e. The van der Waals surface area contributed by atoms with Gasteiger partial charge in [-0.1, -0.05) is 75.2 Å². The Hall–Kier alpha value is -3.62. The minimum absolute atomic E-state index is 0.0293. The molecule has 0 bridgehead atoms. The molecule has 1 saturated carbocycles. The molecule has 0 aliphatic heterocycles. The highest BCUT2D eigenvalue weighted by Crippen LogP contribution is 2.28. The van der Waals surface area contributed by atoms with E-state index in [0.717, 1.165) is 32.1 Å². The molecule has 16 heteroatoms. The van der Waals surface area contributed by atoms with Gasteiger partial charge < -0.3 is 44.2 Å². The second-order valence-corrected chi connectivity index (χ2v) is 14.0.